The van der Waals surface area contributed by atoms with Crippen molar-refractivity contribution in [1.29, 1.82) is 0 Å². The van der Waals surface area contributed by atoms with Crippen LogP contribution in [0.2, 0.25) is 5.02 Å². The van der Waals surface area contributed by atoms with Gasteiger partial charge in [0.1, 0.15) is 5.82 Å². The molecule has 106 valence electrons. The fourth-order valence-electron chi connectivity index (χ4n) is 2.55. The van der Waals surface area contributed by atoms with Gasteiger partial charge in [0, 0.05) is 11.1 Å². The van der Waals surface area contributed by atoms with Gasteiger partial charge in [-0.15, -0.1) is 0 Å². The third-order valence-corrected chi connectivity index (χ3v) is 6.30. The molecule has 0 radical (unpaired) electrons. The molecule has 2 unspecified atom stereocenters. The number of halogens is 2. The highest BCUT2D eigenvalue weighted by molar-refractivity contribution is 7.92. The van der Waals surface area contributed by atoms with Gasteiger partial charge in [-0.3, -0.25) is 0 Å². The topological polar surface area (TPSA) is 60.2 Å². The maximum atomic E-state index is 13.2. The second-order valence-electron chi connectivity index (χ2n) is 5.00. The molecular weight excluding hydrogens is 289 g/mol. The number of hydrogen-bond donors (Lipinski definition) is 1. The normalized spacial score (nSPS) is 24.1. The van der Waals surface area contributed by atoms with Crippen LogP contribution < -0.4 is 5.73 Å². The molecule has 19 heavy (non-hydrogen) atoms. The second kappa shape index (κ2) is 5.77. The zero-order chi connectivity index (χ0) is 14.0. The Balaban J connectivity index is 2.16. The highest BCUT2D eigenvalue weighted by Gasteiger charge is 2.33. The molecule has 1 aromatic carbocycles. The Morgan fingerprint density at radius 1 is 1.42 bits per heavy atom. The maximum absolute atomic E-state index is 13.2. The molecule has 3 nitrogen and oxygen atoms in total. The number of hydrogen-bond acceptors (Lipinski definition) is 3. The lowest BCUT2D eigenvalue weighted by molar-refractivity contribution is 0.494. The molecule has 1 fully saturated rings. The van der Waals surface area contributed by atoms with Gasteiger partial charge >= 0.3 is 0 Å². The molecule has 0 aromatic heterocycles. The standard InChI is InChI=1S/C13H17ClFNO2S/c14-11-5-4-10(15)7-9(11)8-12(16)13-3-1-2-6-19(13,17)18/h4-5,7,12-13H,1-3,6,8,16H2. The van der Waals surface area contributed by atoms with E-state index >= 15 is 0 Å². The summed E-state index contributed by atoms with van der Waals surface area (Å²) in [6.45, 7) is 0. The zero-order valence-electron chi connectivity index (χ0n) is 10.5. The van der Waals surface area contributed by atoms with E-state index < -0.39 is 26.9 Å². The lowest BCUT2D eigenvalue weighted by atomic mass is 10.00. The first-order valence-electron chi connectivity index (χ1n) is 6.31. The van der Waals surface area contributed by atoms with E-state index in [-0.39, 0.29) is 12.2 Å². The first-order chi connectivity index (χ1) is 8.90. The largest absolute Gasteiger partial charge is 0.326 e. The van der Waals surface area contributed by atoms with E-state index in [1.165, 1.54) is 18.2 Å². The van der Waals surface area contributed by atoms with E-state index in [4.69, 9.17) is 17.3 Å². The summed E-state index contributed by atoms with van der Waals surface area (Å²) >= 11 is 5.98. The summed E-state index contributed by atoms with van der Waals surface area (Å²) in [5, 5.41) is -0.120. The fourth-order valence-corrected chi connectivity index (χ4v) is 4.80. The van der Waals surface area contributed by atoms with Crippen LogP contribution in [0.4, 0.5) is 4.39 Å². The molecule has 2 N–H and O–H groups in total. The van der Waals surface area contributed by atoms with Gasteiger partial charge in [-0.1, -0.05) is 18.0 Å². The van der Waals surface area contributed by atoms with Crippen LogP contribution in [0, 0.1) is 5.82 Å². The molecule has 0 saturated carbocycles. The molecule has 0 bridgehead atoms. The molecule has 1 aromatic rings. The van der Waals surface area contributed by atoms with E-state index in [1.54, 1.807) is 0 Å². The van der Waals surface area contributed by atoms with Gasteiger partial charge in [0.2, 0.25) is 0 Å². The third-order valence-electron chi connectivity index (χ3n) is 3.57. The van der Waals surface area contributed by atoms with E-state index in [0.717, 1.165) is 6.42 Å². The lowest BCUT2D eigenvalue weighted by Crippen LogP contribution is -2.44. The van der Waals surface area contributed by atoms with Crippen LogP contribution in [0.3, 0.4) is 0 Å². The molecule has 2 atom stereocenters. The minimum atomic E-state index is -3.13. The summed E-state index contributed by atoms with van der Waals surface area (Å²) in [5.41, 5.74) is 6.58. The molecule has 6 heteroatoms. The van der Waals surface area contributed by atoms with Crippen molar-refractivity contribution < 1.29 is 12.8 Å². The zero-order valence-corrected chi connectivity index (χ0v) is 12.1. The monoisotopic (exact) mass is 305 g/mol. The Labute approximate surface area is 117 Å². The Bertz CT molecular complexity index is 562. The summed E-state index contributed by atoms with van der Waals surface area (Å²) in [5.74, 6) is -0.194. The van der Waals surface area contributed by atoms with Crippen molar-refractivity contribution in [3.8, 4) is 0 Å². The number of rotatable bonds is 3. The molecular formula is C13H17ClFNO2S. The average molecular weight is 306 g/mol. The van der Waals surface area contributed by atoms with Crippen LogP contribution in [-0.2, 0) is 16.3 Å². The molecule has 0 amide bonds. The van der Waals surface area contributed by atoms with Crippen molar-refractivity contribution in [2.45, 2.75) is 37.0 Å². The Kier molecular flexibility index (Phi) is 4.48. The smallest absolute Gasteiger partial charge is 0.154 e. The van der Waals surface area contributed by atoms with Crippen molar-refractivity contribution in [3.05, 3.63) is 34.6 Å². The third kappa shape index (κ3) is 3.46. The molecule has 1 aliphatic rings. The van der Waals surface area contributed by atoms with Gasteiger partial charge in [0.05, 0.1) is 11.0 Å². The SMILES string of the molecule is NC(Cc1cc(F)ccc1Cl)C1CCCCS1(=O)=O. The minimum Gasteiger partial charge on any atom is -0.326 e. The Hall–Kier alpha value is -0.650. The van der Waals surface area contributed by atoms with E-state index in [0.29, 0.717) is 23.4 Å². The van der Waals surface area contributed by atoms with Crippen LogP contribution >= 0.6 is 11.6 Å². The summed E-state index contributed by atoms with van der Waals surface area (Å²) in [4.78, 5) is 0. The maximum Gasteiger partial charge on any atom is 0.154 e. The van der Waals surface area contributed by atoms with Crippen molar-refractivity contribution in [3.63, 3.8) is 0 Å². The lowest BCUT2D eigenvalue weighted by Gasteiger charge is -2.27. The first kappa shape index (κ1) is 14.8. The average Bonchev–Trinajstić information content (AvgIpc) is 2.33. The van der Waals surface area contributed by atoms with Crippen LogP contribution in [0.1, 0.15) is 24.8 Å². The highest BCUT2D eigenvalue weighted by Crippen LogP contribution is 2.25. The quantitative estimate of drug-likeness (QED) is 0.932. The molecule has 1 aliphatic heterocycles. The minimum absolute atomic E-state index is 0.197. The van der Waals surface area contributed by atoms with E-state index in [1.807, 2.05) is 0 Å². The van der Waals surface area contributed by atoms with Gasteiger partial charge < -0.3 is 5.73 Å². The van der Waals surface area contributed by atoms with Gasteiger partial charge in [-0.05, 0) is 43.0 Å². The Morgan fingerprint density at radius 3 is 2.84 bits per heavy atom. The van der Waals surface area contributed by atoms with Gasteiger partial charge in [-0.25, -0.2) is 12.8 Å². The first-order valence-corrected chi connectivity index (χ1v) is 8.40. The fraction of sp³-hybridized carbons (Fsp3) is 0.538. The molecule has 1 saturated heterocycles. The number of sulfone groups is 1. The highest BCUT2D eigenvalue weighted by atomic mass is 35.5. The van der Waals surface area contributed by atoms with Crippen LogP contribution in [-0.4, -0.2) is 25.5 Å². The summed E-state index contributed by atoms with van der Waals surface area (Å²) in [6.07, 6.45) is 2.43. The van der Waals surface area contributed by atoms with Crippen molar-refractivity contribution in [2.24, 2.45) is 5.73 Å². The van der Waals surface area contributed by atoms with Gasteiger partial charge in [-0.2, -0.15) is 0 Å². The van der Waals surface area contributed by atoms with Gasteiger partial charge in [0.15, 0.2) is 9.84 Å². The summed E-state index contributed by atoms with van der Waals surface area (Å²) < 4.78 is 37.1. The van der Waals surface area contributed by atoms with E-state index in [9.17, 15) is 12.8 Å². The van der Waals surface area contributed by atoms with E-state index in [2.05, 4.69) is 0 Å². The molecule has 2 rings (SSSR count). The van der Waals surface area contributed by atoms with Crippen LogP contribution in [0.25, 0.3) is 0 Å². The summed E-state index contributed by atoms with van der Waals surface area (Å²) in [7, 11) is -3.13. The Morgan fingerprint density at radius 2 is 2.16 bits per heavy atom. The molecule has 0 aliphatic carbocycles. The number of benzene rings is 1. The molecule has 0 spiro atoms. The van der Waals surface area contributed by atoms with Gasteiger partial charge in [0.25, 0.3) is 0 Å². The van der Waals surface area contributed by atoms with Crippen molar-refractivity contribution >= 4 is 21.4 Å². The predicted octanol–water partition coefficient (Wildman–Crippen LogP) is 2.32. The van der Waals surface area contributed by atoms with Crippen LogP contribution in [0.5, 0.6) is 0 Å². The predicted molar refractivity (Wildman–Crippen MR) is 74.5 cm³/mol. The second-order valence-corrected chi connectivity index (χ2v) is 7.75. The summed E-state index contributed by atoms with van der Waals surface area (Å²) in [6, 6.07) is 3.52. The van der Waals surface area contributed by atoms with Crippen molar-refractivity contribution in [1.82, 2.24) is 0 Å². The van der Waals surface area contributed by atoms with Crippen molar-refractivity contribution in [2.75, 3.05) is 5.75 Å². The number of nitrogens with two attached hydrogens (primary N) is 1. The molecule has 1 heterocycles. The van der Waals surface area contributed by atoms with Crippen LogP contribution in [0.15, 0.2) is 18.2 Å².